The van der Waals surface area contributed by atoms with Crippen LogP contribution in [0.25, 0.3) is 0 Å². The molecular weight excluding hydrogens is 378 g/mol. The fourth-order valence-electron chi connectivity index (χ4n) is 3.60. The van der Waals surface area contributed by atoms with Gasteiger partial charge in [0, 0.05) is 38.4 Å². The molecule has 0 saturated carbocycles. The number of benzene rings is 2. The SMILES string of the molecule is Cl.O=C1c2ccccc2C(=O)N1OCCCN1CCN(c2ccccc2)CC1. The maximum atomic E-state index is 12.2. The lowest BCUT2D eigenvalue weighted by Gasteiger charge is -2.36. The summed E-state index contributed by atoms with van der Waals surface area (Å²) in [5, 5.41) is 0.901. The number of hydrogen-bond donors (Lipinski definition) is 0. The molecule has 7 heteroatoms. The molecule has 0 N–H and O–H groups in total. The summed E-state index contributed by atoms with van der Waals surface area (Å²) in [6, 6.07) is 17.3. The van der Waals surface area contributed by atoms with Crippen molar-refractivity contribution < 1.29 is 14.4 Å². The van der Waals surface area contributed by atoms with Crippen molar-refractivity contribution in [3.8, 4) is 0 Å². The van der Waals surface area contributed by atoms with Crippen molar-refractivity contribution in [1.29, 1.82) is 0 Å². The van der Waals surface area contributed by atoms with Crippen LogP contribution < -0.4 is 4.90 Å². The van der Waals surface area contributed by atoms with Crippen molar-refractivity contribution in [2.24, 2.45) is 0 Å². The van der Waals surface area contributed by atoms with Crippen LogP contribution in [0.5, 0.6) is 0 Å². The molecule has 2 aromatic rings. The molecular formula is C21H24ClN3O3. The van der Waals surface area contributed by atoms with Crippen LogP contribution in [0.15, 0.2) is 54.6 Å². The van der Waals surface area contributed by atoms with E-state index in [-0.39, 0.29) is 24.2 Å². The second-order valence-corrected chi connectivity index (χ2v) is 6.80. The van der Waals surface area contributed by atoms with Gasteiger partial charge < -0.3 is 4.90 Å². The number of fused-ring (bicyclic) bond motifs is 1. The van der Waals surface area contributed by atoms with E-state index in [1.807, 2.05) is 6.07 Å². The Hall–Kier alpha value is -2.41. The average Bonchev–Trinajstić information content (AvgIpc) is 2.97. The molecule has 2 aliphatic heterocycles. The number of imide groups is 1. The highest BCUT2D eigenvalue weighted by atomic mass is 35.5. The Labute approximate surface area is 171 Å². The number of piperazine rings is 1. The van der Waals surface area contributed by atoms with Gasteiger partial charge in [-0.1, -0.05) is 30.3 Å². The minimum atomic E-state index is -0.368. The van der Waals surface area contributed by atoms with Gasteiger partial charge in [0.05, 0.1) is 17.7 Å². The zero-order valence-corrected chi connectivity index (χ0v) is 16.4. The third kappa shape index (κ3) is 4.19. The number of anilines is 1. The number of para-hydroxylation sites is 1. The van der Waals surface area contributed by atoms with E-state index in [1.165, 1.54) is 5.69 Å². The van der Waals surface area contributed by atoms with Crippen molar-refractivity contribution in [2.75, 3.05) is 44.2 Å². The Morgan fingerprint density at radius 2 is 1.36 bits per heavy atom. The van der Waals surface area contributed by atoms with Gasteiger partial charge in [0.2, 0.25) is 0 Å². The lowest BCUT2D eigenvalue weighted by Crippen LogP contribution is -2.46. The molecule has 2 aromatic carbocycles. The lowest BCUT2D eigenvalue weighted by atomic mass is 10.1. The van der Waals surface area contributed by atoms with Gasteiger partial charge >= 0.3 is 0 Å². The summed E-state index contributed by atoms with van der Waals surface area (Å²) in [6.07, 6.45) is 0.777. The maximum absolute atomic E-state index is 12.2. The number of amides is 2. The van der Waals surface area contributed by atoms with Gasteiger partial charge in [-0.15, -0.1) is 17.5 Å². The average molecular weight is 402 g/mol. The lowest BCUT2D eigenvalue weighted by molar-refractivity contribution is -0.0930. The van der Waals surface area contributed by atoms with E-state index in [1.54, 1.807) is 24.3 Å². The van der Waals surface area contributed by atoms with E-state index < -0.39 is 0 Å². The third-order valence-corrected chi connectivity index (χ3v) is 5.09. The molecule has 2 amide bonds. The second kappa shape index (κ2) is 9.19. The zero-order chi connectivity index (χ0) is 18.6. The largest absolute Gasteiger partial charge is 0.369 e. The number of carbonyl (C=O) groups excluding carboxylic acids is 2. The molecule has 2 aliphatic rings. The fourth-order valence-corrected chi connectivity index (χ4v) is 3.60. The molecule has 0 aromatic heterocycles. The maximum Gasteiger partial charge on any atom is 0.285 e. The summed E-state index contributed by atoms with van der Waals surface area (Å²) in [5.41, 5.74) is 2.10. The molecule has 6 nitrogen and oxygen atoms in total. The molecule has 1 fully saturated rings. The minimum Gasteiger partial charge on any atom is -0.369 e. The quantitative estimate of drug-likeness (QED) is 0.550. The van der Waals surface area contributed by atoms with Crippen LogP contribution in [0.4, 0.5) is 5.69 Å². The molecule has 28 heavy (non-hydrogen) atoms. The van der Waals surface area contributed by atoms with E-state index in [0.717, 1.165) is 44.2 Å². The Kier molecular flexibility index (Phi) is 6.67. The van der Waals surface area contributed by atoms with E-state index >= 15 is 0 Å². The number of hydrogen-bond acceptors (Lipinski definition) is 5. The normalized spacial score (nSPS) is 16.9. The molecule has 0 atom stereocenters. The standard InChI is InChI=1S/C21H23N3O3.ClH/c25-20-18-9-4-5-10-19(18)21(26)24(20)27-16-6-11-22-12-14-23(15-13-22)17-7-2-1-3-8-17;/h1-5,7-10H,6,11-16H2;1H. The van der Waals surface area contributed by atoms with Gasteiger partial charge in [0.25, 0.3) is 11.8 Å². The Balaban J connectivity index is 0.00000225. The van der Waals surface area contributed by atoms with Crippen LogP contribution in [0, 0.1) is 0 Å². The third-order valence-electron chi connectivity index (χ3n) is 5.09. The fraction of sp³-hybridized carbons (Fsp3) is 0.333. The predicted octanol–water partition coefficient (Wildman–Crippen LogP) is 2.85. The topological polar surface area (TPSA) is 53.1 Å². The molecule has 0 spiro atoms. The first-order valence-electron chi connectivity index (χ1n) is 9.37. The molecule has 0 unspecified atom stereocenters. The highest BCUT2D eigenvalue weighted by Gasteiger charge is 2.36. The van der Waals surface area contributed by atoms with Gasteiger partial charge in [-0.05, 0) is 30.7 Å². The van der Waals surface area contributed by atoms with Gasteiger partial charge in [-0.3, -0.25) is 19.3 Å². The van der Waals surface area contributed by atoms with Crippen LogP contribution in [-0.2, 0) is 4.84 Å². The monoisotopic (exact) mass is 401 g/mol. The van der Waals surface area contributed by atoms with Crippen molar-refractivity contribution in [2.45, 2.75) is 6.42 Å². The number of halogens is 1. The van der Waals surface area contributed by atoms with Crippen LogP contribution in [0.2, 0.25) is 0 Å². The van der Waals surface area contributed by atoms with Crippen LogP contribution in [0.3, 0.4) is 0 Å². The second-order valence-electron chi connectivity index (χ2n) is 6.80. The summed E-state index contributed by atoms with van der Waals surface area (Å²) in [5.74, 6) is -0.737. The van der Waals surface area contributed by atoms with Crippen LogP contribution in [0.1, 0.15) is 27.1 Å². The first kappa shape index (κ1) is 20.3. The Morgan fingerprint density at radius 3 is 1.96 bits per heavy atom. The highest BCUT2D eigenvalue weighted by molar-refractivity contribution is 6.20. The van der Waals surface area contributed by atoms with Crippen molar-refractivity contribution >= 4 is 29.9 Å². The van der Waals surface area contributed by atoms with Gasteiger partial charge in [0.15, 0.2) is 0 Å². The molecule has 0 radical (unpaired) electrons. The number of rotatable bonds is 6. The Morgan fingerprint density at radius 1 is 0.786 bits per heavy atom. The minimum absolute atomic E-state index is 0. The van der Waals surface area contributed by atoms with Crippen molar-refractivity contribution in [3.05, 3.63) is 65.7 Å². The summed E-state index contributed by atoms with van der Waals surface area (Å²) in [6.45, 7) is 5.26. The molecule has 0 bridgehead atoms. The van der Waals surface area contributed by atoms with Crippen LogP contribution >= 0.6 is 12.4 Å². The smallest absolute Gasteiger partial charge is 0.285 e. The van der Waals surface area contributed by atoms with Crippen molar-refractivity contribution in [3.63, 3.8) is 0 Å². The molecule has 148 valence electrons. The van der Waals surface area contributed by atoms with E-state index in [2.05, 4.69) is 34.1 Å². The molecule has 1 saturated heterocycles. The summed E-state index contributed by atoms with van der Waals surface area (Å²) < 4.78 is 0. The predicted molar refractivity (Wildman–Crippen MR) is 110 cm³/mol. The first-order chi connectivity index (χ1) is 13.2. The Bertz CT molecular complexity index is 788. The summed E-state index contributed by atoms with van der Waals surface area (Å²) in [7, 11) is 0. The molecule has 2 heterocycles. The van der Waals surface area contributed by atoms with Crippen molar-refractivity contribution in [1.82, 2.24) is 9.96 Å². The van der Waals surface area contributed by atoms with E-state index in [9.17, 15) is 9.59 Å². The van der Waals surface area contributed by atoms with Gasteiger partial charge in [-0.25, -0.2) is 0 Å². The number of nitrogens with zero attached hydrogens (tertiary/aromatic N) is 3. The first-order valence-corrected chi connectivity index (χ1v) is 9.37. The van der Waals surface area contributed by atoms with Gasteiger partial charge in [-0.2, -0.15) is 0 Å². The van der Waals surface area contributed by atoms with E-state index in [0.29, 0.717) is 17.7 Å². The molecule has 0 aliphatic carbocycles. The highest BCUT2D eigenvalue weighted by Crippen LogP contribution is 2.22. The van der Waals surface area contributed by atoms with Gasteiger partial charge in [0.1, 0.15) is 0 Å². The molecule has 4 rings (SSSR count). The van der Waals surface area contributed by atoms with E-state index in [4.69, 9.17) is 4.84 Å². The zero-order valence-electron chi connectivity index (χ0n) is 15.6. The van der Waals surface area contributed by atoms with Crippen LogP contribution in [-0.4, -0.2) is 61.1 Å². The number of carbonyl (C=O) groups is 2. The summed E-state index contributed by atoms with van der Waals surface area (Å²) >= 11 is 0. The number of hydroxylamine groups is 2. The summed E-state index contributed by atoms with van der Waals surface area (Å²) in [4.78, 5) is 34.8.